The van der Waals surface area contributed by atoms with Crippen molar-refractivity contribution in [3.05, 3.63) is 54.1 Å². The van der Waals surface area contributed by atoms with Crippen LogP contribution in [0.3, 0.4) is 0 Å². The summed E-state index contributed by atoms with van der Waals surface area (Å²) in [5, 5.41) is 7.03. The molecule has 0 saturated carbocycles. The van der Waals surface area contributed by atoms with Crippen molar-refractivity contribution in [1.29, 1.82) is 0 Å². The van der Waals surface area contributed by atoms with E-state index in [9.17, 15) is 0 Å². The molecule has 1 unspecified atom stereocenters. The molecule has 2 aromatic rings. The molecule has 0 fully saturated rings. The Balaban J connectivity index is 1.90. The number of anilines is 1. The minimum absolute atomic E-state index is 0.101. The Morgan fingerprint density at radius 2 is 1.65 bits per heavy atom. The third-order valence-corrected chi connectivity index (χ3v) is 3.61. The minimum Gasteiger partial charge on any atom is -0.497 e. The molecule has 0 bridgehead atoms. The molecule has 0 saturated heterocycles. The fourth-order valence-electron chi connectivity index (χ4n) is 2.14. The topological polar surface area (TPSA) is 42.5 Å². The van der Waals surface area contributed by atoms with Gasteiger partial charge in [0.15, 0.2) is 5.11 Å². The number of nitrogens with one attached hydrogen (secondary N) is 2. The molecule has 0 aromatic heterocycles. The largest absolute Gasteiger partial charge is 0.497 e. The predicted molar refractivity (Wildman–Crippen MR) is 98.4 cm³/mol. The van der Waals surface area contributed by atoms with E-state index in [1.54, 1.807) is 7.11 Å². The van der Waals surface area contributed by atoms with Crippen molar-refractivity contribution in [2.24, 2.45) is 0 Å². The second kappa shape index (κ2) is 8.39. The van der Waals surface area contributed by atoms with Gasteiger partial charge in [0, 0.05) is 5.69 Å². The van der Waals surface area contributed by atoms with Gasteiger partial charge < -0.3 is 20.1 Å². The first kappa shape index (κ1) is 17.1. The average molecular weight is 330 g/mol. The summed E-state index contributed by atoms with van der Waals surface area (Å²) in [5.74, 6) is 1.69. The van der Waals surface area contributed by atoms with Crippen LogP contribution in [0.15, 0.2) is 48.5 Å². The third-order valence-electron chi connectivity index (χ3n) is 3.39. The van der Waals surface area contributed by atoms with Crippen molar-refractivity contribution in [1.82, 2.24) is 5.32 Å². The molecule has 0 spiro atoms. The maximum atomic E-state index is 5.42. The van der Waals surface area contributed by atoms with Crippen molar-refractivity contribution >= 4 is 23.0 Å². The molecule has 2 rings (SSSR count). The number of ether oxygens (including phenoxy) is 2. The lowest BCUT2D eigenvalue weighted by atomic mass is 10.1. The van der Waals surface area contributed by atoms with Crippen LogP contribution in [0.5, 0.6) is 11.5 Å². The van der Waals surface area contributed by atoms with Crippen molar-refractivity contribution in [3.63, 3.8) is 0 Å². The van der Waals surface area contributed by atoms with Crippen molar-refractivity contribution in [3.8, 4) is 11.5 Å². The number of rotatable bonds is 6. The molecule has 1 atom stereocenters. The van der Waals surface area contributed by atoms with Gasteiger partial charge in [0.25, 0.3) is 0 Å². The number of methoxy groups -OCH3 is 1. The van der Waals surface area contributed by atoms with E-state index in [1.807, 2.05) is 55.5 Å². The van der Waals surface area contributed by atoms with Gasteiger partial charge in [-0.3, -0.25) is 0 Å². The average Bonchev–Trinajstić information content (AvgIpc) is 2.57. The van der Waals surface area contributed by atoms with Gasteiger partial charge in [0.2, 0.25) is 0 Å². The summed E-state index contributed by atoms with van der Waals surface area (Å²) < 4.78 is 10.6. The van der Waals surface area contributed by atoms with Gasteiger partial charge in [-0.15, -0.1) is 0 Å². The number of hydrogen-bond acceptors (Lipinski definition) is 3. The third kappa shape index (κ3) is 5.14. The zero-order valence-corrected chi connectivity index (χ0v) is 14.4. The zero-order chi connectivity index (χ0) is 16.7. The van der Waals surface area contributed by atoms with Crippen LogP contribution in [0, 0.1) is 0 Å². The molecule has 122 valence electrons. The highest BCUT2D eigenvalue weighted by Gasteiger charge is 2.07. The van der Waals surface area contributed by atoms with Crippen LogP contribution in [-0.2, 0) is 0 Å². The van der Waals surface area contributed by atoms with E-state index in [1.165, 1.54) is 0 Å². The molecule has 0 aliphatic heterocycles. The molecule has 5 heteroatoms. The summed E-state index contributed by atoms with van der Waals surface area (Å²) in [5.41, 5.74) is 2.06. The SMILES string of the molecule is CCOc1ccc(NC(=S)NC(C)c2ccc(OC)cc2)cc1. The lowest BCUT2D eigenvalue weighted by Crippen LogP contribution is -2.30. The smallest absolute Gasteiger partial charge is 0.171 e. The van der Waals surface area contributed by atoms with Crippen LogP contribution >= 0.6 is 12.2 Å². The first-order valence-corrected chi connectivity index (χ1v) is 7.97. The number of hydrogen-bond donors (Lipinski definition) is 2. The van der Waals surface area contributed by atoms with Gasteiger partial charge in [-0.2, -0.15) is 0 Å². The van der Waals surface area contributed by atoms with Gasteiger partial charge in [0.1, 0.15) is 11.5 Å². The molecule has 0 aliphatic rings. The lowest BCUT2D eigenvalue weighted by molar-refractivity contribution is 0.340. The molecule has 0 amide bonds. The van der Waals surface area contributed by atoms with E-state index in [0.29, 0.717) is 11.7 Å². The van der Waals surface area contributed by atoms with Gasteiger partial charge in [-0.1, -0.05) is 12.1 Å². The summed E-state index contributed by atoms with van der Waals surface area (Å²) in [4.78, 5) is 0. The first-order chi connectivity index (χ1) is 11.1. The van der Waals surface area contributed by atoms with E-state index in [-0.39, 0.29) is 6.04 Å². The highest BCUT2D eigenvalue weighted by Crippen LogP contribution is 2.18. The Bertz CT molecular complexity index is 626. The van der Waals surface area contributed by atoms with Gasteiger partial charge in [-0.25, -0.2) is 0 Å². The summed E-state index contributed by atoms with van der Waals surface area (Å²) >= 11 is 5.37. The molecular formula is C18H22N2O2S. The van der Waals surface area contributed by atoms with Crippen LogP contribution in [-0.4, -0.2) is 18.8 Å². The van der Waals surface area contributed by atoms with Crippen molar-refractivity contribution in [2.45, 2.75) is 19.9 Å². The standard InChI is InChI=1S/C18H22N2O2S/c1-4-22-17-11-7-15(8-12-17)20-18(23)19-13(2)14-5-9-16(21-3)10-6-14/h5-13H,4H2,1-3H3,(H2,19,20,23). The second-order valence-electron chi connectivity index (χ2n) is 5.05. The fourth-order valence-corrected chi connectivity index (χ4v) is 2.44. The second-order valence-corrected chi connectivity index (χ2v) is 5.46. The molecule has 23 heavy (non-hydrogen) atoms. The Hall–Kier alpha value is -2.27. The lowest BCUT2D eigenvalue weighted by Gasteiger charge is -2.18. The summed E-state index contributed by atoms with van der Waals surface area (Å²) in [6, 6.07) is 15.7. The Labute approximate surface area is 142 Å². The Morgan fingerprint density at radius 1 is 1.04 bits per heavy atom. The molecule has 2 aromatic carbocycles. The Morgan fingerprint density at radius 3 is 2.22 bits per heavy atom. The minimum atomic E-state index is 0.101. The summed E-state index contributed by atoms with van der Waals surface area (Å²) in [7, 11) is 1.66. The van der Waals surface area contributed by atoms with Crippen LogP contribution in [0.4, 0.5) is 5.69 Å². The maximum absolute atomic E-state index is 5.42. The quantitative estimate of drug-likeness (QED) is 0.779. The number of thiocarbonyl (C=S) groups is 1. The van der Waals surface area contributed by atoms with Crippen LogP contribution < -0.4 is 20.1 Å². The predicted octanol–water partition coefficient (Wildman–Crippen LogP) is 4.14. The van der Waals surface area contributed by atoms with Crippen LogP contribution in [0.2, 0.25) is 0 Å². The fraction of sp³-hybridized carbons (Fsp3) is 0.278. The Kier molecular flexibility index (Phi) is 6.23. The molecular weight excluding hydrogens is 308 g/mol. The van der Waals surface area contributed by atoms with E-state index in [4.69, 9.17) is 21.7 Å². The van der Waals surface area contributed by atoms with Crippen molar-refractivity contribution < 1.29 is 9.47 Å². The van der Waals surface area contributed by atoms with Gasteiger partial charge >= 0.3 is 0 Å². The van der Waals surface area contributed by atoms with E-state index in [2.05, 4.69) is 17.6 Å². The molecule has 0 heterocycles. The normalized spacial score (nSPS) is 11.4. The molecule has 0 radical (unpaired) electrons. The van der Waals surface area contributed by atoms with E-state index in [0.717, 1.165) is 22.7 Å². The highest BCUT2D eigenvalue weighted by atomic mass is 32.1. The zero-order valence-electron chi connectivity index (χ0n) is 13.6. The molecule has 0 aliphatic carbocycles. The summed E-state index contributed by atoms with van der Waals surface area (Å²) in [6.45, 7) is 4.69. The van der Waals surface area contributed by atoms with Crippen LogP contribution in [0.1, 0.15) is 25.5 Å². The maximum Gasteiger partial charge on any atom is 0.171 e. The van der Waals surface area contributed by atoms with Gasteiger partial charge in [0.05, 0.1) is 19.8 Å². The monoisotopic (exact) mass is 330 g/mol. The van der Waals surface area contributed by atoms with Gasteiger partial charge in [-0.05, 0) is 68.0 Å². The van der Waals surface area contributed by atoms with Crippen molar-refractivity contribution in [2.75, 3.05) is 19.0 Å². The number of benzene rings is 2. The van der Waals surface area contributed by atoms with Crippen LogP contribution in [0.25, 0.3) is 0 Å². The molecule has 4 nitrogen and oxygen atoms in total. The first-order valence-electron chi connectivity index (χ1n) is 7.56. The van der Waals surface area contributed by atoms with E-state index >= 15 is 0 Å². The highest BCUT2D eigenvalue weighted by molar-refractivity contribution is 7.80. The summed E-state index contributed by atoms with van der Waals surface area (Å²) in [6.07, 6.45) is 0. The molecule has 2 N–H and O–H groups in total. The van der Waals surface area contributed by atoms with E-state index < -0.39 is 0 Å².